The molecule has 0 bridgehead atoms. The largest absolute Gasteiger partial charge is 0.341 e. The molecule has 114 valence electrons. The lowest BCUT2D eigenvalue weighted by atomic mass is 10.2. The van der Waals surface area contributed by atoms with Gasteiger partial charge >= 0.3 is 0 Å². The van der Waals surface area contributed by atoms with Crippen LogP contribution in [-0.2, 0) is 16.4 Å². The van der Waals surface area contributed by atoms with E-state index >= 15 is 0 Å². The van der Waals surface area contributed by atoms with Gasteiger partial charge in [-0.3, -0.25) is 0 Å². The van der Waals surface area contributed by atoms with Crippen molar-refractivity contribution in [2.75, 3.05) is 12.0 Å². The van der Waals surface area contributed by atoms with Crippen LogP contribution in [0.15, 0.2) is 34.9 Å². The van der Waals surface area contributed by atoms with Gasteiger partial charge in [-0.1, -0.05) is 28.1 Å². The first-order chi connectivity index (χ1) is 9.83. The normalized spacial score (nSPS) is 13.3. The maximum absolute atomic E-state index is 11.2. The van der Waals surface area contributed by atoms with Crippen molar-refractivity contribution in [3.05, 3.63) is 40.8 Å². The predicted octanol–water partition coefficient (Wildman–Crippen LogP) is 2.36. The smallest absolute Gasteiger partial charge is 0.148 e. The van der Waals surface area contributed by atoms with E-state index in [1.807, 2.05) is 31.2 Å². The van der Waals surface area contributed by atoms with Gasteiger partial charge in [0, 0.05) is 16.8 Å². The van der Waals surface area contributed by atoms with Crippen LogP contribution in [0.4, 0.5) is 0 Å². The number of nitrogens with zero attached hydrogens (tertiary/aromatic N) is 1. The van der Waals surface area contributed by atoms with E-state index < -0.39 is 9.84 Å². The Balaban J connectivity index is 1.96. The minimum Gasteiger partial charge on any atom is -0.341 e. The number of aromatic nitrogens is 2. The summed E-state index contributed by atoms with van der Waals surface area (Å²) >= 11 is 3.40. The van der Waals surface area contributed by atoms with Gasteiger partial charge in [0.25, 0.3) is 0 Å². The molecule has 5 nitrogen and oxygen atoms in total. The quantitative estimate of drug-likeness (QED) is 0.817. The highest BCUT2D eigenvalue weighted by molar-refractivity contribution is 9.10. The molecule has 1 unspecified atom stereocenters. The summed E-state index contributed by atoms with van der Waals surface area (Å²) in [6.45, 7) is 2.35. The Kier molecular flexibility index (Phi) is 5.18. The van der Waals surface area contributed by atoms with E-state index in [9.17, 15) is 8.42 Å². The van der Waals surface area contributed by atoms with E-state index in [-0.39, 0.29) is 11.8 Å². The number of sulfone groups is 1. The molecule has 0 aliphatic heterocycles. The maximum atomic E-state index is 11.2. The third-order valence-corrected chi connectivity index (χ3v) is 4.59. The van der Waals surface area contributed by atoms with Gasteiger partial charge < -0.3 is 10.3 Å². The van der Waals surface area contributed by atoms with E-state index in [4.69, 9.17) is 0 Å². The first kappa shape index (κ1) is 16.2. The van der Waals surface area contributed by atoms with Crippen molar-refractivity contribution >= 4 is 25.8 Å². The van der Waals surface area contributed by atoms with Gasteiger partial charge in [0.15, 0.2) is 0 Å². The van der Waals surface area contributed by atoms with Crippen molar-refractivity contribution in [2.24, 2.45) is 0 Å². The zero-order valence-electron chi connectivity index (χ0n) is 11.9. The summed E-state index contributed by atoms with van der Waals surface area (Å²) in [6.07, 6.45) is 3.02. The van der Waals surface area contributed by atoms with Gasteiger partial charge in [-0.2, -0.15) is 0 Å². The summed E-state index contributed by atoms with van der Waals surface area (Å²) in [4.78, 5) is 7.53. The van der Waals surface area contributed by atoms with Crippen LogP contribution in [0.2, 0.25) is 0 Å². The molecule has 0 spiro atoms. The zero-order valence-corrected chi connectivity index (χ0v) is 14.3. The molecule has 2 rings (SSSR count). The summed E-state index contributed by atoms with van der Waals surface area (Å²) in [5, 5.41) is 3.15. The van der Waals surface area contributed by atoms with Crippen LogP contribution >= 0.6 is 15.9 Å². The molecule has 0 fully saturated rings. The standard InChI is InChI=1S/C14H18BrN3O2S/c1-10(9-21(2,19)20)16-8-14-17-7-13(18-14)11-3-5-12(15)6-4-11/h3-7,10,16H,8-9H2,1-2H3,(H,17,18). The highest BCUT2D eigenvalue weighted by Crippen LogP contribution is 2.19. The van der Waals surface area contributed by atoms with Gasteiger partial charge in [-0.05, 0) is 24.6 Å². The number of hydrogen-bond acceptors (Lipinski definition) is 4. The summed E-state index contributed by atoms with van der Waals surface area (Å²) < 4.78 is 23.4. The van der Waals surface area contributed by atoms with Crippen LogP contribution in [-0.4, -0.2) is 36.4 Å². The van der Waals surface area contributed by atoms with Crippen molar-refractivity contribution in [3.63, 3.8) is 0 Å². The molecule has 1 aromatic heterocycles. The minimum atomic E-state index is -2.97. The molecular weight excluding hydrogens is 354 g/mol. The molecule has 0 aliphatic rings. The van der Waals surface area contributed by atoms with E-state index in [2.05, 4.69) is 31.2 Å². The lowest BCUT2D eigenvalue weighted by molar-refractivity contribution is 0.553. The third-order valence-electron chi connectivity index (χ3n) is 2.95. The highest BCUT2D eigenvalue weighted by Gasteiger charge is 2.11. The van der Waals surface area contributed by atoms with Crippen LogP contribution in [0, 0.1) is 0 Å². The average Bonchev–Trinajstić information content (AvgIpc) is 2.84. The number of aromatic amines is 1. The monoisotopic (exact) mass is 371 g/mol. The topological polar surface area (TPSA) is 74.8 Å². The van der Waals surface area contributed by atoms with Crippen molar-refractivity contribution in [1.29, 1.82) is 0 Å². The average molecular weight is 372 g/mol. The first-order valence-electron chi connectivity index (χ1n) is 6.54. The molecule has 0 saturated carbocycles. The lowest BCUT2D eigenvalue weighted by Gasteiger charge is -2.11. The number of nitrogens with one attached hydrogen (secondary N) is 2. The second-order valence-electron chi connectivity index (χ2n) is 5.12. The zero-order chi connectivity index (χ0) is 15.5. The van der Waals surface area contributed by atoms with Crippen LogP contribution in [0.3, 0.4) is 0 Å². The summed E-state index contributed by atoms with van der Waals surface area (Å²) in [7, 11) is -2.97. The molecule has 0 aliphatic carbocycles. The second kappa shape index (κ2) is 6.72. The van der Waals surface area contributed by atoms with Gasteiger partial charge in [-0.25, -0.2) is 13.4 Å². The SMILES string of the molecule is CC(CS(C)(=O)=O)NCc1ncc(-c2ccc(Br)cc2)[nH]1. The van der Waals surface area contributed by atoms with E-state index in [1.54, 1.807) is 6.20 Å². The van der Waals surface area contributed by atoms with Gasteiger partial charge in [-0.15, -0.1) is 0 Å². The Morgan fingerprint density at radius 2 is 2.00 bits per heavy atom. The van der Waals surface area contributed by atoms with Crippen molar-refractivity contribution in [3.8, 4) is 11.3 Å². The summed E-state index contributed by atoms with van der Waals surface area (Å²) in [5.74, 6) is 0.904. The lowest BCUT2D eigenvalue weighted by Crippen LogP contribution is -2.32. The molecule has 21 heavy (non-hydrogen) atoms. The molecule has 1 atom stereocenters. The predicted molar refractivity (Wildman–Crippen MR) is 87.7 cm³/mol. The number of H-pyrrole nitrogens is 1. The number of benzene rings is 1. The van der Waals surface area contributed by atoms with Gasteiger partial charge in [0.1, 0.15) is 15.7 Å². The van der Waals surface area contributed by atoms with Crippen LogP contribution < -0.4 is 5.32 Å². The van der Waals surface area contributed by atoms with E-state index in [0.29, 0.717) is 6.54 Å². The van der Waals surface area contributed by atoms with Gasteiger partial charge in [0.05, 0.1) is 24.2 Å². The second-order valence-corrected chi connectivity index (χ2v) is 8.23. The fourth-order valence-corrected chi connectivity index (χ4v) is 3.30. The molecular formula is C14H18BrN3O2S. The summed E-state index contributed by atoms with van der Waals surface area (Å²) in [5.41, 5.74) is 2.00. The highest BCUT2D eigenvalue weighted by atomic mass is 79.9. The Morgan fingerprint density at radius 3 is 2.62 bits per heavy atom. The summed E-state index contributed by atoms with van der Waals surface area (Å²) in [6, 6.07) is 7.84. The van der Waals surface area contributed by atoms with Crippen LogP contribution in [0.1, 0.15) is 12.7 Å². The minimum absolute atomic E-state index is 0.110. The molecule has 2 aromatic rings. The molecule has 0 amide bonds. The Bertz CT molecular complexity index is 695. The van der Waals surface area contributed by atoms with Crippen molar-refractivity contribution in [2.45, 2.75) is 19.5 Å². The molecule has 1 aromatic carbocycles. The molecule has 1 heterocycles. The Hall–Kier alpha value is -1.18. The van der Waals surface area contributed by atoms with Crippen LogP contribution in [0.25, 0.3) is 11.3 Å². The van der Waals surface area contributed by atoms with Crippen molar-refractivity contribution in [1.82, 2.24) is 15.3 Å². The molecule has 0 saturated heterocycles. The molecule has 0 radical (unpaired) electrons. The van der Waals surface area contributed by atoms with E-state index in [0.717, 1.165) is 21.6 Å². The number of hydrogen-bond donors (Lipinski definition) is 2. The van der Waals surface area contributed by atoms with Crippen LogP contribution in [0.5, 0.6) is 0 Å². The number of halogens is 1. The van der Waals surface area contributed by atoms with E-state index in [1.165, 1.54) is 6.26 Å². The fourth-order valence-electron chi connectivity index (χ4n) is 2.01. The Labute approximate surface area is 133 Å². The molecule has 7 heteroatoms. The number of imidazole rings is 1. The third kappa shape index (κ3) is 5.26. The number of rotatable bonds is 6. The molecule has 2 N–H and O–H groups in total. The van der Waals surface area contributed by atoms with Gasteiger partial charge in [0.2, 0.25) is 0 Å². The van der Waals surface area contributed by atoms with Crippen molar-refractivity contribution < 1.29 is 8.42 Å². The Morgan fingerprint density at radius 1 is 1.33 bits per heavy atom. The maximum Gasteiger partial charge on any atom is 0.148 e. The first-order valence-corrected chi connectivity index (χ1v) is 9.40. The fraction of sp³-hybridized carbons (Fsp3) is 0.357.